The van der Waals surface area contributed by atoms with Gasteiger partial charge in [0, 0.05) is 31.2 Å². The molecule has 3 N–H and O–H groups in total. The van der Waals surface area contributed by atoms with Gasteiger partial charge in [-0.3, -0.25) is 9.59 Å². The summed E-state index contributed by atoms with van der Waals surface area (Å²) < 4.78 is 5.11. The summed E-state index contributed by atoms with van der Waals surface area (Å²) in [5.74, 6) is -1.70. The summed E-state index contributed by atoms with van der Waals surface area (Å²) in [6.07, 6.45) is 6.11. The Balaban J connectivity index is 1.63. The fourth-order valence-corrected chi connectivity index (χ4v) is 5.30. The number of benzene rings is 2. The van der Waals surface area contributed by atoms with Crippen LogP contribution in [0.2, 0.25) is 10.0 Å². The van der Waals surface area contributed by atoms with Crippen molar-refractivity contribution in [3.63, 3.8) is 0 Å². The van der Waals surface area contributed by atoms with Crippen molar-refractivity contribution in [2.45, 2.75) is 57.4 Å². The van der Waals surface area contributed by atoms with Crippen molar-refractivity contribution in [3.05, 3.63) is 63.6 Å². The van der Waals surface area contributed by atoms with E-state index in [1.54, 1.807) is 49.6 Å². The van der Waals surface area contributed by atoms with E-state index in [0.29, 0.717) is 12.3 Å². The minimum Gasteiger partial charge on any atom is -0.480 e. The van der Waals surface area contributed by atoms with E-state index in [9.17, 15) is 19.5 Å². The first-order chi connectivity index (χ1) is 17.3. The third-order valence-electron chi connectivity index (χ3n) is 6.74. The fourth-order valence-electron chi connectivity index (χ4n) is 4.73. The lowest BCUT2D eigenvalue weighted by atomic mass is 9.79. The van der Waals surface area contributed by atoms with Gasteiger partial charge in [0.15, 0.2) is 0 Å². The number of carboxylic acids is 1. The Bertz CT molecular complexity index is 1050. The average Bonchev–Trinajstić information content (AvgIpc) is 3.32. The summed E-state index contributed by atoms with van der Waals surface area (Å²) in [6.45, 7) is 0.650. The molecule has 1 fully saturated rings. The number of unbranched alkanes of at least 4 members (excludes halogenated alkanes) is 1. The molecule has 0 aliphatic heterocycles. The molecule has 0 heterocycles. The van der Waals surface area contributed by atoms with Crippen LogP contribution < -0.4 is 10.6 Å². The number of amides is 2. The van der Waals surface area contributed by atoms with Crippen molar-refractivity contribution in [2.24, 2.45) is 5.41 Å². The zero-order valence-corrected chi connectivity index (χ0v) is 21.8. The van der Waals surface area contributed by atoms with Gasteiger partial charge < -0.3 is 20.5 Å². The van der Waals surface area contributed by atoms with Crippen molar-refractivity contribution in [3.8, 4) is 0 Å². The molecular formula is C27H32Cl2N2O5. The topological polar surface area (TPSA) is 105 Å². The molecule has 9 heteroatoms. The standard InChI is InChI=1S/C27H32Cl2N2O5/c1-36-16-5-4-15-27(13-2-3-14-27)26(35)31-22(25(33)34)17-18-9-11-19(12-10-18)30-24(32)23-20(28)7-6-8-21(23)29/h6-12,22H,2-5,13-17H2,1H3,(H,30,32)(H,31,35)(H,33,34)/t22-/m0/s1. The van der Waals surface area contributed by atoms with Crippen LogP contribution in [0, 0.1) is 5.41 Å². The SMILES string of the molecule is COCCCCC1(C(=O)N[C@@H](Cc2ccc(NC(=O)c3c(Cl)cccc3Cl)cc2)C(=O)O)CCCC1. The molecule has 0 bridgehead atoms. The first-order valence-corrected chi connectivity index (χ1v) is 12.9. The summed E-state index contributed by atoms with van der Waals surface area (Å²) in [6, 6.07) is 10.6. The highest BCUT2D eigenvalue weighted by molar-refractivity contribution is 6.40. The number of hydrogen-bond acceptors (Lipinski definition) is 4. The quantitative estimate of drug-likeness (QED) is 0.301. The van der Waals surface area contributed by atoms with E-state index in [1.807, 2.05) is 0 Å². The molecule has 0 spiro atoms. The van der Waals surface area contributed by atoms with Crippen LogP contribution in [-0.2, 0) is 20.7 Å². The highest BCUT2D eigenvalue weighted by Crippen LogP contribution is 2.42. The largest absolute Gasteiger partial charge is 0.480 e. The molecule has 0 unspecified atom stereocenters. The number of anilines is 1. The third-order valence-corrected chi connectivity index (χ3v) is 7.37. The van der Waals surface area contributed by atoms with Crippen molar-refractivity contribution in [1.82, 2.24) is 5.32 Å². The Morgan fingerprint density at radius 3 is 2.25 bits per heavy atom. The summed E-state index contributed by atoms with van der Waals surface area (Å²) in [7, 11) is 1.66. The van der Waals surface area contributed by atoms with E-state index in [4.69, 9.17) is 27.9 Å². The number of methoxy groups -OCH3 is 1. The van der Waals surface area contributed by atoms with E-state index in [1.165, 1.54) is 0 Å². The molecule has 1 aliphatic carbocycles. The second-order valence-corrected chi connectivity index (χ2v) is 10.1. The molecule has 1 saturated carbocycles. The van der Waals surface area contributed by atoms with Gasteiger partial charge in [-0.2, -0.15) is 0 Å². The van der Waals surface area contributed by atoms with Crippen molar-refractivity contribution >= 4 is 46.7 Å². The lowest BCUT2D eigenvalue weighted by Gasteiger charge is -2.29. The van der Waals surface area contributed by atoms with E-state index in [0.717, 1.165) is 50.5 Å². The minimum atomic E-state index is -1.08. The van der Waals surface area contributed by atoms with Crippen LogP contribution in [0.4, 0.5) is 5.69 Å². The van der Waals surface area contributed by atoms with Crippen LogP contribution in [0.3, 0.4) is 0 Å². The third kappa shape index (κ3) is 7.21. The molecule has 36 heavy (non-hydrogen) atoms. The molecule has 7 nitrogen and oxygen atoms in total. The number of carboxylic acid groups (broad SMARTS) is 1. The number of ether oxygens (including phenoxy) is 1. The van der Waals surface area contributed by atoms with Gasteiger partial charge in [0.05, 0.1) is 15.6 Å². The Morgan fingerprint density at radius 2 is 1.67 bits per heavy atom. The van der Waals surface area contributed by atoms with Crippen LogP contribution in [0.25, 0.3) is 0 Å². The molecule has 2 amide bonds. The summed E-state index contributed by atoms with van der Waals surface area (Å²) in [5, 5.41) is 15.8. The number of carbonyl (C=O) groups excluding carboxylic acids is 2. The highest BCUT2D eigenvalue weighted by Gasteiger charge is 2.41. The molecule has 1 atom stereocenters. The molecule has 3 rings (SSSR count). The molecule has 0 saturated heterocycles. The van der Waals surface area contributed by atoms with Crippen molar-refractivity contribution in [2.75, 3.05) is 19.0 Å². The second kappa shape index (κ2) is 13.1. The molecular weight excluding hydrogens is 503 g/mol. The normalized spacial score (nSPS) is 15.3. The Hall–Kier alpha value is -2.61. The predicted octanol–water partition coefficient (Wildman–Crippen LogP) is 5.73. The number of carbonyl (C=O) groups is 3. The number of aliphatic carboxylic acids is 1. The number of rotatable bonds is 12. The Morgan fingerprint density at radius 1 is 1.03 bits per heavy atom. The smallest absolute Gasteiger partial charge is 0.326 e. The van der Waals surface area contributed by atoms with Gasteiger partial charge in [-0.05, 0) is 55.5 Å². The maximum atomic E-state index is 13.2. The van der Waals surface area contributed by atoms with Crippen LogP contribution in [0.5, 0.6) is 0 Å². The minimum absolute atomic E-state index is 0.130. The number of halogens is 2. The highest BCUT2D eigenvalue weighted by atomic mass is 35.5. The van der Waals surface area contributed by atoms with Crippen LogP contribution in [-0.4, -0.2) is 42.6 Å². The van der Waals surface area contributed by atoms with E-state index in [2.05, 4.69) is 10.6 Å². The van der Waals surface area contributed by atoms with Gasteiger partial charge in [-0.25, -0.2) is 4.79 Å². The summed E-state index contributed by atoms with van der Waals surface area (Å²) in [5.41, 5.74) is 0.908. The number of hydrogen-bond donors (Lipinski definition) is 3. The Kier molecular flexibility index (Phi) is 10.2. The molecule has 2 aromatic carbocycles. The maximum absolute atomic E-state index is 13.2. The van der Waals surface area contributed by atoms with Gasteiger partial charge >= 0.3 is 5.97 Å². The van der Waals surface area contributed by atoms with E-state index >= 15 is 0 Å². The second-order valence-electron chi connectivity index (χ2n) is 9.25. The van der Waals surface area contributed by atoms with Crippen LogP contribution >= 0.6 is 23.2 Å². The molecule has 2 aromatic rings. The summed E-state index contributed by atoms with van der Waals surface area (Å²) >= 11 is 12.2. The maximum Gasteiger partial charge on any atom is 0.326 e. The van der Waals surface area contributed by atoms with Gasteiger partial charge in [-0.1, -0.05) is 60.7 Å². The monoisotopic (exact) mass is 534 g/mol. The zero-order chi connectivity index (χ0) is 26.1. The van der Waals surface area contributed by atoms with Gasteiger partial charge in [0.25, 0.3) is 5.91 Å². The first-order valence-electron chi connectivity index (χ1n) is 12.1. The van der Waals surface area contributed by atoms with Crippen molar-refractivity contribution < 1.29 is 24.2 Å². The zero-order valence-electron chi connectivity index (χ0n) is 20.3. The van der Waals surface area contributed by atoms with Gasteiger partial charge in [0.2, 0.25) is 5.91 Å². The van der Waals surface area contributed by atoms with Crippen LogP contribution in [0.15, 0.2) is 42.5 Å². The van der Waals surface area contributed by atoms with Gasteiger partial charge in [0.1, 0.15) is 6.04 Å². The molecule has 0 radical (unpaired) electrons. The van der Waals surface area contributed by atoms with Crippen molar-refractivity contribution in [1.29, 1.82) is 0 Å². The van der Waals surface area contributed by atoms with Gasteiger partial charge in [-0.15, -0.1) is 0 Å². The lowest BCUT2D eigenvalue weighted by molar-refractivity contribution is -0.144. The summed E-state index contributed by atoms with van der Waals surface area (Å²) in [4.78, 5) is 37.8. The average molecular weight is 535 g/mol. The molecule has 194 valence electrons. The lowest BCUT2D eigenvalue weighted by Crippen LogP contribution is -2.48. The van der Waals surface area contributed by atoms with Crippen LogP contribution in [0.1, 0.15) is 60.9 Å². The van der Waals surface area contributed by atoms with E-state index < -0.39 is 23.3 Å². The number of nitrogens with one attached hydrogen (secondary N) is 2. The first kappa shape index (κ1) is 28.0. The Labute approximate surface area is 221 Å². The fraction of sp³-hybridized carbons (Fsp3) is 0.444. The van der Waals surface area contributed by atoms with E-state index in [-0.39, 0.29) is 27.9 Å². The predicted molar refractivity (Wildman–Crippen MR) is 141 cm³/mol. The molecule has 0 aromatic heterocycles. The molecule has 1 aliphatic rings.